The summed E-state index contributed by atoms with van der Waals surface area (Å²) in [5.74, 6) is 1.19. The van der Waals surface area contributed by atoms with Crippen LogP contribution in [0.4, 0.5) is 5.69 Å². The highest BCUT2D eigenvalue weighted by Gasteiger charge is 2.13. The van der Waals surface area contributed by atoms with Gasteiger partial charge < -0.3 is 19.5 Å². The number of unbranched alkanes of at least 4 members (excludes halogenated alkanes) is 2. The topological polar surface area (TPSA) is 80.6 Å². The number of rotatable bonds is 10. The molecule has 0 aromatic heterocycles. The lowest BCUT2D eigenvalue weighted by atomic mass is 10.1. The fourth-order valence-corrected chi connectivity index (χ4v) is 2.68. The Morgan fingerprint density at radius 3 is 2.52 bits per heavy atom. The third-order valence-corrected chi connectivity index (χ3v) is 4.22. The first-order chi connectivity index (χ1) is 14.1. The Bertz CT molecular complexity index is 900. The van der Waals surface area contributed by atoms with Crippen LogP contribution in [0, 0.1) is 11.3 Å². The first-order valence-corrected chi connectivity index (χ1v) is 9.50. The Morgan fingerprint density at radius 2 is 1.83 bits per heavy atom. The second-order valence-corrected chi connectivity index (χ2v) is 6.29. The summed E-state index contributed by atoms with van der Waals surface area (Å²) in [5.41, 5.74) is 1.12. The molecule has 0 bridgehead atoms. The SMILES string of the molecule is CCCCCOc1ccc(C=C(C#N)C(=O)Nc2ccccc2OC)cc1OC. The lowest BCUT2D eigenvalue weighted by Crippen LogP contribution is -2.14. The third-order valence-electron chi connectivity index (χ3n) is 4.22. The molecular weight excluding hydrogens is 368 g/mol. The monoisotopic (exact) mass is 394 g/mol. The number of nitrogens with zero attached hydrogens (tertiary/aromatic N) is 1. The molecule has 2 aromatic carbocycles. The first kappa shape index (κ1) is 21.8. The van der Waals surface area contributed by atoms with Gasteiger partial charge in [0, 0.05) is 0 Å². The minimum Gasteiger partial charge on any atom is -0.495 e. The summed E-state index contributed by atoms with van der Waals surface area (Å²) in [7, 11) is 3.07. The van der Waals surface area contributed by atoms with E-state index in [2.05, 4.69) is 12.2 Å². The first-order valence-electron chi connectivity index (χ1n) is 9.50. The van der Waals surface area contributed by atoms with Crippen molar-refractivity contribution >= 4 is 17.7 Å². The molecule has 2 aromatic rings. The smallest absolute Gasteiger partial charge is 0.266 e. The molecule has 2 rings (SSSR count). The fraction of sp³-hybridized carbons (Fsp3) is 0.304. The van der Waals surface area contributed by atoms with E-state index in [0.29, 0.717) is 35.1 Å². The van der Waals surface area contributed by atoms with Gasteiger partial charge >= 0.3 is 0 Å². The zero-order valence-corrected chi connectivity index (χ0v) is 17.0. The van der Waals surface area contributed by atoms with Crippen molar-refractivity contribution in [1.29, 1.82) is 5.26 Å². The Balaban J connectivity index is 2.17. The van der Waals surface area contributed by atoms with E-state index in [4.69, 9.17) is 14.2 Å². The van der Waals surface area contributed by atoms with E-state index >= 15 is 0 Å². The predicted molar refractivity (Wildman–Crippen MR) is 113 cm³/mol. The van der Waals surface area contributed by atoms with Gasteiger partial charge in [-0.3, -0.25) is 4.79 Å². The van der Waals surface area contributed by atoms with Crippen molar-refractivity contribution in [3.8, 4) is 23.3 Å². The van der Waals surface area contributed by atoms with Crippen LogP contribution in [0.1, 0.15) is 31.7 Å². The highest BCUT2D eigenvalue weighted by atomic mass is 16.5. The number of amides is 1. The zero-order valence-electron chi connectivity index (χ0n) is 17.0. The van der Waals surface area contributed by atoms with E-state index in [1.807, 2.05) is 6.07 Å². The molecule has 1 N–H and O–H groups in total. The summed E-state index contributed by atoms with van der Waals surface area (Å²) in [5, 5.41) is 12.1. The van der Waals surface area contributed by atoms with Crippen molar-refractivity contribution in [3.63, 3.8) is 0 Å². The van der Waals surface area contributed by atoms with Crippen molar-refractivity contribution in [2.75, 3.05) is 26.1 Å². The molecule has 29 heavy (non-hydrogen) atoms. The molecule has 0 aliphatic rings. The van der Waals surface area contributed by atoms with Crippen LogP contribution in [0.15, 0.2) is 48.0 Å². The number of methoxy groups -OCH3 is 2. The van der Waals surface area contributed by atoms with Crippen LogP contribution in [0.25, 0.3) is 6.08 Å². The zero-order chi connectivity index (χ0) is 21.1. The second kappa shape index (κ2) is 11.4. The molecule has 0 fully saturated rings. The average Bonchev–Trinajstić information content (AvgIpc) is 2.75. The Kier molecular flexibility index (Phi) is 8.58. The van der Waals surface area contributed by atoms with E-state index < -0.39 is 5.91 Å². The summed E-state index contributed by atoms with van der Waals surface area (Å²) < 4.78 is 16.4. The molecular formula is C23H26N2O4. The molecule has 0 unspecified atom stereocenters. The van der Waals surface area contributed by atoms with Crippen LogP contribution in [-0.4, -0.2) is 26.7 Å². The van der Waals surface area contributed by atoms with E-state index in [-0.39, 0.29) is 5.57 Å². The molecule has 0 heterocycles. The maximum absolute atomic E-state index is 12.5. The maximum Gasteiger partial charge on any atom is 0.266 e. The number of hydrogen-bond donors (Lipinski definition) is 1. The molecule has 0 saturated heterocycles. The Morgan fingerprint density at radius 1 is 1.07 bits per heavy atom. The summed E-state index contributed by atoms with van der Waals surface area (Å²) in [6.07, 6.45) is 4.71. The molecule has 0 aliphatic carbocycles. The summed E-state index contributed by atoms with van der Waals surface area (Å²) in [6, 6.07) is 14.3. The molecule has 0 radical (unpaired) electrons. The number of para-hydroxylation sites is 2. The van der Waals surface area contributed by atoms with Crippen LogP contribution in [0.2, 0.25) is 0 Å². The van der Waals surface area contributed by atoms with Crippen LogP contribution >= 0.6 is 0 Å². The van der Waals surface area contributed by atoms with Crippen LogP contribution in [0.3, 0.4) is 0 Å². The van der Waals surface area contributed by atoms with Crippen LogP contribution in [0.5, 0.6) is 17.2 Å². The summed E-state index contributed by atoms with van der Waals surface area (Å²) >= 11 is 0. The largest absolute Gasteiger partial charge is 0.495 e. The number of benzene rings is 2. The van der Waals surface area contributed by atoms with E-state index in [1.54, 1.807) is 49.6 Å². The molecule has 0 atom stereocenters. The molecule has 0 saturated carbocycles. The van der Waals surface area contributed by atoms with Gasteiger partial charge in [-0.05, 0) is 42.3 Å². The van der Waals surface area contributed by atoms with Crippen molar-refractivity contribution in [1.82, 2.24) is 0 Å². The molecule has 0 spiro atoms. The normalized spacial score (nSPS) is 10.8. The molecule has 6 nitrogen and oxygen atoms in total. The Labute approximate surface area is 171 Å². The van der Waals surface area contributed by atoms with Gasteiger partial charge in [0.1, 0.15) is 17.4 Å². The number of nitriles is 1. The average molecular weight is 394 g/mol. The van der Waals surface area contributed by atoms with Gasteiger partial charge in [0.15, 0.2) is 11.5 Å². The maximum atomic E-state index is 12.5. The lowest BCUT2D eigenvalue weighted by Gasteiger charge is -2.11. The summed E-state index contributed by atoms with van der Waals surface area (Å²) in [4.78, 5) is 12.5. The van der Waals surface area contributed by atoms with Crippen molar-refractivity contribution in [2.45, 2.75) is 26.2 Å². The van der Waals surface area contributed by atoms with Gasteiger partial charge in [0.2, 0.25) is 0 Å². The number of hydrogen-bond acceptors (Lipinski definition) is 5. The van der Waals surface area contributed by atoms with Gasteiger partial charge in [-0.1, -0.05) is 38.0 Å². The fourth-order valence-electron chi connectivity index (χ4n) is 2.68. The second-order valence-electron chi connectivity index (χ2n) is 6.29. The van der Waals surface area contributed by atoms with Crippen molar-refractivity contribution in [3.05, 3.63) is 53.6 Å². The van der Waals surface area contributed by atoms with Gasteiger partial charge in [-0.15, -0.1) is 0 Å². The molecule has 152 valence electrons. The van der Waals surface area contributed by atoms with Crippen molar-refractivity contribution < 1.29 is 19.0 Å². The quantitative estimate of drug-likeness (QED) is 0.355. The number of nitrogens with one attached hydrogen (secondary N) is 1. The number of ether oxygens (including phenoxy) is 3. The van der Waals surface area contributed by atoms with Gasteiger partial charge in [-0.2, -0.15) is 5.26 Å². The lowest BCUT2D eigenvalue weighted by molar-refractivity contribution is -0.112. The highest BCUT2D eigenvalue weighted by Crippen LogP contribution is 2.29. The van der Waals surface area contributed by atoms with E-state index in [0.717, 1.165) is 19.3 Å². The number of anilines is 1. The van der Waals surface area contributed by atoms with Crippen LogP contribution in [-0.2, 0) is 4.79 Å². The third kappa shape index (κ3) is 6.28. The standard InChI is InChI=1S/C23H26N2O4/c1-4-5-8-13-29-21-12-11-17(15-22(21)28-3)14-18(16-24)23(26)25-19-9-6-7-10-20(19)27-2/h6-7,9-12,14-15H,4-5,8,13H2,1-3H3,(H,25,26). The van der Waals surface area contributed by atoms with Gasteiger partial charge in [-0.25, -0.2) is 0 Å². The van der Waals surface area contributed by atoms with Crippen molar-refractivity contribution in [2.24, 2.45) is 0 Å². The molecule has 6 heteroatoms. The van der Waals surface area contributed by atoms with Crippen LogP contribution < -0.4 is 19.5 Å². The minimum atomic E-state index is -0.518. The number of carbonyl (C=O) groups excluding carboxylic acids is 1. The highest BCUT2D eigenvalue weighted by molar-refractivity contribution is 6.10. The van der Waals surface area contributed by atoms with E-state index in [1.165, 1.54) is 13.2 Å². The minimum absolute atomic E-state index is 0.0328. The van der Waals surface area contributed by atoms with Gasteiger partial charge in [0.05, 0.1) is 26.5 Å². The van der Waals surface area contributed by atoms with E-state index in [9.17, 15) is 10.1 Å². The summed E-state index contributed by atoms with van der Waals surface area (Å²) in [6.45, 7) is 2.75. The molecule has 1 amide bonds. The Hall–Kier alpha value is -3.46. The van der Waals surface area contributed by atoms with Gasteiger partial charge in [0.25, 0.3) is 5.91 Å². The number of carbonyl (C=O) groups is 1. The predicted octanol–water partition coefficient (Wildman–Crippen LogP) is 4.82. The molecule has 0 aliphatic heterocycles.